The van der Waals surface area contributed by atoms with Gasteiger partial charge in [0.2, 0.25) is 0 Å². The van der Waals surface area contributed by atoms with E-state index in [1.807, 2.05) is 11.8 Å². The van der Waals surface area contributed by atoms with Crippen molar-refractivity contribution in [1.29, 1.82) is 0 Å². The molecule has 0 bridgehead atoms. The summed E-state index contributed by atoms with van der Waals surface area (Å²) in [6.45, 7) is 8.66. The number of rotatable bonds is 7. The number of piperazine rings is 1. The van der Waals surface area contributed by atoms with Gasteiger partial charge in [-0.15, -0.1) is 11.8 Å². The standard InChI is InChI=1S/C29H38N6OS/c1-20(2)37-26-9-7-6-8-23(26)31-29-28-24(12-13-34(28)4)30-27(32-29)18-21-10-11-22(19-25(21)36-5)35-16-14-33(3)15-17-35/h6-13,19-20,24,28H,14-18H2,1-5H3,(H,30,31,32). The van der Waals surface area contributed by atoms with Gasteiger partial charge in [0.15, 0.2) is 0 Å². The second-order valence-electron chi connectivity index (χ2n) is 10.2. The van der Waals surface area contributed by atoms with E-state index in [0.29, 0.717) is 11.7 Å². The van der Waals surface area contributed by atoms with E-state index in [2.05, 4.69) is 103 Å². The van der Waals surface area contributed by atoms with E-state index in [4.69, 9.17) is 14.7 Å². The minimum Gasteiger partial charge on any atom is -0.496 e. The number of methoxy groups -OCH3 is 1. The molecule has 0 spiro atoms. The molecule has 3 aliphatic heterocycles. The van der Waals surface area contributed by atoms with Crippen LogP contribution in [0, 0.1) is 0 Å². The summed E-state index contributed by atoms with van der Waals surface area (Å²) in [6.07, 6.45) is 4.91. The lowest BCUT2D eigenvalue weighted by Gasteiger charge is -2.34. The molecule has 2 unspecified atom stereocenters. The van der Waals surface area contributed by atoms with Crippen LogP contribution in [-0.2, 0) is 6.42 Å². The van der Waals surface area contributed by atoms with Gasteiger partial charge in [0.25, 0.3) is 0 Å². The van der Waals surface area contributed by atoms with Gasteiger partial charge >= 0.3 is 0 Å². The second-order valence-corrected chi connectivity index (χ2v) is 11.9. The molecular weight excluding hydrogens is 480 g/mol. The first-order valence-corrected chi connectivity index (χ1v) is 14.0. The number of nitrogens with one attached hydrogen (secondary N) is 1. The molecule has 8 heteroatoms. The minimum atomic E-state index is 0.0421. The number of para-hydroxylation sites is 1. The summed E-state index contributed by atoms with van der Waals surface area (Å²) < 4.78 is 5.84. The molecule has 37 heavy (non-hydrogen) atoms. The van der Waals surface area contributed by atoms with Gasteiger partial charge in [-0.2, -0.15) is 0 Å². The molecule has 196 valence electrons. The topological polar surface area (TPSA) is 55.7 Å². The van der Waals surface area contributed by atoms with Crippen LogP contribution in [0.1, 0.15) is 19.4 Å². The van der Waals surface area contributed by atoms with Crippen molar-refractivity contribution in [3.63, 3.8) is 0 Å². The molecule has 5 rings (SSSR count). The summed E-state index contributed by atoms with van der Waals surface area (Å²) in [6, 6.07) is 15.1. The number of aliphatic imine (C=N–C) groups is 2. The highest BCUT2D eigenvalue weighted by atomic mass is 32.2. The zero-order valence-corrected chi connectivity index (χ0v) is 23.3. The molecule has 2 aromatic carbocycles. The fourth-order valence-electron chi connectivity index (χ4n) is 5.10. The first kappa shape index (κ1) is 25.7. The van der Waals surface area contributed by atoms with Crippen molar-refractivity contribution in [3.05, 3.63) is 60.3 Å². The summed E-state index contributed by atoms with van der Waals surface area (Å²) >= 11 is 1.86. The number of anilines is 2. The Hall–Kier alpha value is -2.97. The van der Waals surface area contributed by atoms with E-state index < -0.39 is 0 Å². The lowest BCUT2D eigenvalue weighted by molar-refractivity contribution is 0.312. The number of fused-ring (bicyclic) bond motifs is 1. The Balaban J connectivity index is 1.39. The molecule has 1 saturated heterocycles. The first-order valence-electron chi connectivity index (χ1n) is 13.1. The summed E-state index contributed by atoms with van der Waals surface area (Å²) in [4.78, 5) is 18.3. The van der Waals surface area contributed by atoms with Crippen molar-refractivity contribution in [2.75, 3.05) is 57.6 Å². The van der Waals surface area contributed by atoms with E-state index in [1.54, 1.807) is 7.11 Å². The highest BCUT2D eigenvalue weighted by molar-refractivity contribution is 8.00. The summed E-state index contributed by atoms with van der Waals surface area (Å²) in [5.74, 6) is 2.65. The van der Waals surface area contributed by atoms with E-state index in [-0.39, 0.29) is 12.1 Å². The summed E-state index contributed by atoms with van der Waals surface area (Å²) in [5, 5.41) is 4.18. The largest absolute Gasteiger partial charge is 0.496 e. The average Bonchev–Trinajstić information content (AvgIpc) is 3.26. The summed E-state index contributed by atoms with van der Waals surface area (Å²) in [7, 11) is 6.02. The first-order chi connectivity index (χ1) is 17.9. The molecule has 7 nitrogen and oxygen atoms in total. The number of hydrogen-bond donors (Lipinski definition) is 1. The highest BCUT2D eigenvalue weighted by Gasteiger charge is 2.35. The van der Waals surface area contributed by atoms with Gasteiger partial charge in [-0.05, 0) is 37.5 Å². The van der Waals surface area contributed by atoms with Gasteiger partial charge in [-0.3, -0.25) is 4.99 Å². The van der Waals surface area contributed by atoms with Crippen LogP contribution in [0.3, 0.4) is 0 Å². The van der Waals surface area contributed by atoms with Crippen molar-refractivity contribution in [2.24, 2.45) is 9.98 Å². The van der Waals surface area contributed by atoms with Crippen LogP contribution in [0.2, 0.25) is 0 Å². The molecule has 2 aromatic rings. The molecule has 2 atom stereocenters. The van der Waals surface area contributed by atoms with Crippen molar-refractivity contribution in [2.45, 2.75) is 42.5 Å². The Morgan fingerprint density at radius 2 is 1.86 bits per heavy atom. The summed E-state index contributed by atoms with van der Waals surface area (Å²) in [5.41, 5.74) is 3.41. The predicted molar refractivity (Wildman–Crippen MR) is 157 cm³/mol. The van der Waals surface area contributed by atoms with Gasteiger partial charge < -0.3 is 24.8 Å². The third-order valence-electron chi connectivity index (χ3n) is 7.11. The smallest absolute Gasteiger partial charge is 0.133 e. The maximum absolute atomic E-state index is 5.84. The maximum Gasteiger partial charge on any atom is 0.133 e. The number of hydrogen-bond acceptors (Lipinski definition) is 8. The molecule has 3 aliphatic rings. The Kier molecular flexibility index (Phi) is 7.76. The van der Waals surface area contributed by atoms with Crippen LogP contribution in [0.15, 0.2) is 69.6 Å². The van der Waals surface area contributed by atoms with E-state index in [9.17, 15) is 0 Å². The minimum absolute atomic E-state index is 0.0421. The Morgan fingerprint density at radius 1 is 1.08 bits per heavy atom. The molecule has 1 fully saturated rings. The molecule has 1 N–H and O–H groups in total. The third-order valence-corrected chi connectivity index (χ3v) is 8.19. The quantitative estimate of drug-likeness (QED) is 0.541. The zero-order valence-electron chi connectivity index (χ0n) is 22.5. The second kappa shape index (κ2) is 11.2. The van der Waals surface area contributed by atoms with Gasteiger partial charge in [0, 0.05) is 67.1 Å². The molecule has 3 heterocycles. The van der Waals surface area contributed by atoms with Crippen LogP contribution in [0.25, 0.3) is 0 Å². The number of nitrogens with zero attached hydrogens (tertiary/aromatic N) is 5. The molecule has 0 amide bonds. The predicted octanol–water partition coefficient (Wildman–Crippen LogP) is 4.61. The van der Waals surface area contributed by atoms with Crippen molar-refractivity contribution in [3.8, 4) is 5.75 Å². The number of likely N-dealkylation sites (N-methyl/N-ethyl adjacent to an activating group) is 2. The Morgan fingerprint density at radius 3 is 2.62 bits per heavy atom. The van der Waals surface area contributed by atoms with E-state index >= 15 is 0 Å². The lowest BCUT2D eigenvalue weighted by Crippen LogP contribution is -2.46. The van der Waals surface area contributed by atoms with E-state index in [1.165, 1.54) is 10.6 Å². The zero-order chi connectivity index (χ0) is 25.9. The van der Waals surface area contributed by atoms with Crippen LogP contribution in [0.4, 0.5) is 11.4 Å². The number of amidine groups is 2. The average molecular weight is 519 g/mol. The fraction of sp³-hybridized carbons (Fsp3) is 0.448. The van der Waals surface area contributed by atoms with Gasteiger partial charge in [0.1, 0.15) is 23.5 Å². The monoisotopic (exact) mass is 518 g/mol. The van der Waals surface area contributed by atoms with Crippen LogP contribution >= 0.6 is 11.8 Å². The van der Waals surface area contributed by atoms with Gasteiger partial charge in [-0.25, -0.2) is 4.99 Å². The van der Waals surface area contributed by atoms with Crippen molar-refractivity contribution >= 4 is 34.8 Å². The lowest BCUT2D eigenvalue weighted by atomic mass is 10.0. The molecule has 0 aliphatic carbocycles. The Labute approximate surface area is 225 Å². The van der Waals surface area contributed by atoms with Crippen LogP contribution < -0.4 is 15.0 Å². The fourth-order valence-corrected chi connectivity index (χ4v) is 6.01. The number of benzene rings is 2. The molecular formula is C29H38N6OS. The van der Waals surface area contributed by atoms with Crippen molar-refractivity contribution < 1.29 is 4.74 Å². The van der Waals surface area contributed by atoms with Gasteiger partial charge in [-0.1, -0.05) is 32.0 Å². The van der Waals surface area contributed by atoms with Gasteiger partial charge in [0.05, 0.1) is 18.8 Å². The van der Waals surface area contributed by atoms with E-state index in [0.717, 1.165) is 54.9 Å². The van der Waals surface area contributed by atoms with Crippen molar-refractivity contribution in [1.82, 2.24) is 9.80 Å². The SMILES string of the molecule is COc1cc(N2CCN(C)CC2)ccc1CC1=NC2C=CN(C)C2C(Nc2ccccc2SC(C)C)=N1. The maximum atomic E-state index is 5.84. The van der Waals surface area contributed by atoms with Crippen LogP contribution in [0.5, 0.6) is 5.75 Å². The highest BCUT2D eigenvalue weighted by Crippen LogP contribution is 2.33. The molecule has 0 saturated carbocycles. The third kappa shape index (κ3) is 5.80. The molecule has 0 radical (unpaired) electrons. The normalized spacial score (nSPS) is 21.7. The molecule has 0 aromatic heterocycles. The Bertz CT molecular complexity index is 1200. The van der Waals surface area contributed by atoms with Crippen LogP contribution in [-0.4, -0.2) is 86.2 Å². The number of ether oxygens (including phenoxy) is 1. The number of thioether (sulfide) groups is 1.